The minimum Gasteiger partial charge on any atom is -0.334 e. The summed E-state index contributed by atoms with van der Waals surface area (Å²) in [5.74, 6) is 1.26. The Hall–Kier alpha value is -2.14. The minimum absolute atomic E-state index is 0.170. The summed E-state index contributed by atoms with van der Waals surface area (Å²) in [7, 11) is 1.97. The molecule has 2 aliphatic rings. The molecule has 5 heteroatoms. The smallest absolute Gasteiger partial charge is 0.228 e. The Labute approximate surface area is 136 Å². The second-order valence-corrected chi connectivity index (χ2v) is 6.80. The van der Waals surface area contributed by atoms with Gasteiger partial charge in [0.1, 0.15) is 5.82 Å². The lowest BCUT2D eigenvalue weighted by Gasteiger charge is -2.23. The van der Waals surface area contributed by atoms with Crippen LogP contribution in [0.4, 0.5) is 5.69 Å². The molecule has 5 nitrogen and oxygen atoms in total. The van der Waals surface area contributed by atoms with E-state index >= 15 is 0 Å². The quantitative estimate of drug-likeness (QED) is 0.915. The average Bonchev–Trinajstić information content (AvgIpc) is 3.07. The van der Waals surface area contributed by atoms with E-state index in [4.69, 9.17) is 0 Å². The van der Waals surface area contributed by atoms with Crippen molar-refractivity contribution in [1.29, 1.82) is 0 Å². The Bertz CT molecular complexity index is 730. The molecule has 1 atom stereocenters. The van der Waals surface area contributed by atoms with Crippen LogP contribution in [0.1, 0.15) is 19.3 Å². The number of hydrogen-bond acceptors (Lipinski definition) is 3. The van der Waals surface area contributed by atoms with Crippen LogP contribution in [-0.4, -0.2) is 28.5 Å². The first kappa shape index (κ1) is 14.5. The first-order valence-electron chi connectivity index (χ1n) is 8.27. The van der Waals surface area contributed by atoms with Gasteiger partial charge in [-0.25, -0.2) is 4.98 Å². The number of piperidine rings is 1. The van der Waals surface area contributed by atoms with Gasteiger partial charge in [0.05, 0.1) is 0 Å². The van der Waals surface area contributed by atoms with Crippen molar-refractivity contribution in [3.8, 4) is 11.4 Å². The zero-order chi connectivity index (χ0) is 15.9. The van der Waals surface area contributed by atoms with E-state index in [2.05, 4.69) is 15.6 Å². The van der Waals surface area contributed by atoms with Crippen molar-refractivity contribution in [2.75, 3.05) is 18.4 Å². The van der Waals surface area contributed by atoms with E-state index in [1.165, 1.54) is 0 Å². The number of aryl methyl sites for hydroxylation is 1. The number of rotatable bonds is 3. The van der Waals surface area contributed by atoms with Gasteiger partial charge in [0.2, 0.25) is 5.91 Å². The van der Waals surface area contributed by atoms with Gasteiger partial charge in [0, 0.05) is 36.6 Å². The van der Waals surface area contributed by atoms with Crippen LogP contribution >= 0.6 is 0 Å². The third-order valence-electron chi connectivity index (χ3n) is 5.32. The molecular formula is C18H22N4O. The number of nitrogens with zero attached hydrogens (tertiary/aromatic N) is 2. The summed E-state index contributed by atoms with van der Waals surface area (Å²) < 4.78 is 1.98. The van der Waals surface area contributed by atoms with Crippen LogP contribution in [0.3, 0.4) is 0 Å². The monoisotopic (exact) mass is 310 g/mol. The van der Waals surface area contributed by atoms with Crippen molar-refractivity contribution >= 4 is 11.6 Å². The molecule has 1 unspecified atom stereocenters. The summed E-state index contributed by atoms with van der Waals surface area (Å²) in [6, 6.07) is 7.93. The highest BCUT2D eigenvalue weighted by molar-refractivity contribution is 5.95. The molecule has 2 heterocycles. The number of imidazole rings is 1. The number of amides is 1. The number of aromatic nitrogens is 2. The highest BCUT2D eigenvalue weighted by Gasteiger charge is 2.57. The highest BCUT2D eigenvalue weighted by Crippen LogP contribution is 2.58. The molecular weight excluding hydrogens is 288 g/mol. The molecule has 120 valence electrons. The number of hydrogen-bond donors (Lipinski definition) is 2. The first-order chi connectivity index (χ1) is 11.2. The van der Waals surface area contributed by atoms with Crippen molar-refractivity contribution in [1.82, 2.24) is 14.9 Å². The summed E-state index contributed by atoms with van der Waals surface area (Å²) in [6.45, 7) is 2.08. The van der Waals surface area contributed by atoms with Crippen molar-refractivity contribution in [2.45, 2.75) is 19.3 Å². The molecule has 1 spiro atoms. The molecule has 0 radical (unpaired) electrons. The minimum atomic E-state index is 0.170. The van der Waals surface area contributed by atoms with Gasteiger partial charge in [-0.05, 0) is 49.9 Å². The molecule has 1 amide bonds. The van der Waals surface area contributed by atoms with Crippen LogP contribution in [0, 0.1) is 11.3 Å². The van der Waals surface area contributed by atoms with Crippen LogP contribution in [-0.2, 0) is 11.8 Å². The lowest BCUT2D eigenvalue weighted by Crippen LogP contribution is -2.31. The van der Waals surface area contributed by atoms with Crippen molar-refractivity contribution in [3.63, 3.8) is 0 Å². The van der Waals surface area contributed by atoms with Crippen molar-refractivity contribution in [2.24, 2.45) is 18.4 Å². The average molecular weight is 310 g/mol. The van der Waals surface area contributed by atoms with Gasteiger partial charge in [-0.15, -0.1) is 0 Å². The predicted octanol–water partition coefficient (Wildman–Crippen LogP) is 2.42. The zero-order valence-corrected chi connectivity index (χ0v) is 13.4. The van der Waals surface area contributed by atoms with Gasteiger partial charge in [0.25, 0.3) is 0 Å². The third-order valence-corrected chi connectivity index (χ3v) is 5.32. The number of anilines is 1. The normalized spacial score (nSPS) is 22.0. The van der Waals surface area contributed by atoms with Crippen LogP contribution < -0.4 is 10.6 Å². The van der Waals surface area contributed by atoms with Gasteiger partial charge in [0.15, 0.2) is 0 Å². The first-order valence-corrected chi connectivity index (χ1v) is 8.27. The van der Waals surface area contributed by atoms with E-state index in [1.807, 2.05) is 42.1 Å². The molecule has 1 saturated carbocycles. The summed E-state index contributed by atoms with van der Waals surface area (Å²) >= 11 is 0. The van der Waals surface area contributed by atoms with Gasteiger partial charge >= 0.3 is 0 Å². The molecule has 1 aliphatic carbocycles. The van der Waals surface area contributed by atoms with Gasteiger partial charge in [-0.3, -0.25) is 4.79 Å². The Morgan fingerprint density at radius 1 is 1.39 bits per heavy atom. The van der Waals surface area contributed by atoms with Gasteiger partial charge in [-0.2, -0.15) is 0 Å². The lowest BCUT2D eigenvalue weighted by atomic mass is 9.92. The number of benzene rings is 1. The molecule has 0 bridgehead atoms. The molecule has 4 rings (SSSR count). The van der Waals surface area contributed by atoms with E-state index < -0.39 is 0 Å². The number of carbonyl (C=O) groups excluding carboxylic acids is 1. The second kappa shape index (κ2) is 5.49. The van der Waals surface area contributed by atoms with Crippen molar-refractivity contribution in [3.05, 3.63) is 36.7 Å². The summed E-state index contributed by atoms with van der Waals surface area (Å²) in [4.78, 5) is 16.9. The Kier molecular flexibility index (Phi) is 3.45. The molecule has 1 saturated heterocycles. The topological polar surface area (TPSA) is 59.0 Å². The fraction of sp³-hybridized carbons (Fsp3) is 0.444. The SMILES string of the molecule is Cn1ccnc1-c1cccc(NC(=O)C2CC23CCNCC3)c1. The largest absolute Gasteiger partial charge is 0.334 e. The third kappa shape index (κ3) is 2.65. The van der Waals surface area contributed by atoms with E-state index in [0.29, 0.717) is 0 Å². The van der Waals surface area contributed by atoms with E-state index in [9.17, 15) is 4.79 Å². The maximum atomic E-state index is 12.6. The standard InChI is InChI=1S/C18H22N4O/c1-22-10-9-20-16(22)13-3-2-4-14(11-13)21-17(23)15-12-18(15)5-7-19-8-6-18/h2-4,9-11,15,19H,5-8,12H2,1H3,(H,21,23). The van der Waals surface area contributed by atoms with Crippen LogP contribution in [0.15, 0.2) is 36.7 Å². The molecule has 1 aliphatic heterocycles. The van der Waals surface area contributed by atoms with Gasteiger partial charge < -0.3 is 15.2 Å². The van der Waals surface area contributed by atoms with Crippen LogP contribution in [0.2, 0.25) is 0 Å². The summed E-state index contributed by atoms with van der Waals surface area (Å²) in [6.07, 6.45) is 6.99. The summed E-state index contributed by atoms with van der Waals surface area (Å²) in [5, 5.41) is 6.48. The van der Waals surface area contributed by atoms with E-state index in [1.54, 1.807) is 6.20 Å². The Balaban J connectivity index is 1.47. The molecule has 2 fully saturated rings. The van der Waals surface area contributed by atoms with E-state index in [0.717, 1.165) is 49.4 Å². The van der Waals surface area contributed by atoms with Gasteiger partial charge in [-0.1, -0.05) is 12.1 Å². The van der Waals surface area contributed by atoms with Crippen molar-refractivity contribution < 1.29 is 4.79 Å². The zero-order valence-electron chi connectivity index (χ0n) is 13.4. The maximum absolute atomic E-state index is 12.6. The molecule has 1 aromatic carbocycles. The van der Waals surface area contributed by atoms with E-state index in [-0.39, 0.29) is 17.2 Å². The number of nitrogens with one attached hydrogen (secondary N) is 2. The second-order valence-electron chi connectivity index (χ2n) is 6.80. The lowest BCUT2D eigenvalue weighted by molar-refractivity contribution is -0.118. The molecule has 2 N–H and O–H groups in total. The molecule has 23 heavy (non-hydrogen) atoms. The summed E-state index contributed by atoms with van der Waals surface area (Å²) in [5.41, 5.74) is 2.14. The maximum Gasteiger partial charge on any atom is 0.228 e. The molecule has 1 aromatic heterocycles. The Morgan fingerprint density at radius 2 is 2.22 bits per heavy atom. The highest BCUT2D eigenvalue weighted by atomic mass is 16.2. The fourth-order valence-corrected chi connectivity index (χ4v) is 3.80. The molecule has 2 aromatic rings. The van der Waals surface area contributed by atoms with Crippen LogP contribution in [0.5, 0.6) is 0 Å². The predicted molar refractivity (Wildman–Crippen MR) is 89.9 cm³/mol. The number of carbonyl (C=O) groups is 1. The fourth-order valence-electron chi connectivity index (χ4n) is 3.80. The van der Waals surface area contributed by atoms with Crippen LogP contribution in [0.25, 0.3) is 11.4 Å². The Morgan fingerprint density at radius 3 is 2.96 bits per heavy atom.